The van der Waals surface area contributed by atoms with E-state index in [1.54, 1.807) is 0 Å². The fraction of sp³-hybridized carbons (Fsp3) is 0.833. The Morgan fingerprint density at radius 1 is 0.714 bits per heavy atom. The number of hydrogen-bond acceptors (Lipinski definition) is 2. The summed E-state index contributed by atoms with van der Waals surface area (Å²) >= 11 is 0. The van der Waals surface area contributed by atoms with Crippen LogP contribution in [0.5, 0.6) is 0 Å². The van der Waals surface area contributed by atoms with E-state index in [9.17, 15) is 9.59 Å². The van der Waals surface area contributed by atoms with Gasteiger partial charge in [0.05, 0.1) is 0 Å². The molecule has 9 heteroatoms. The topological polar surface area (TPSA) is 185 Å². The van der Waals surface area contributed by atoms with Crippen molar-refractivity contribution >= 4 is 11.9 Å². The van der Waals surface area contributed by atoms with Crippen LogP contribution in [0.2, 0.25) is 0 Å². The summed E-state index contributed by atoms with van der Waals surface area (Å²) in [7, 11) is 0. The predicted octanol–water partition coefficient (Wildman–Crippen LogP) is 1.22. The number of hydrogen-bond donors (Lipinski definition) is 2. The Kier molecular flexibility index (Phi) is 12.1. The molecule has 2 aliphatic rings. The number of nitrogens with one attached hydrogen (secondary N) is 2. The minimum Gasteiger partial charge on any atom is -0.663 e. The van der Waals surface area contributed by atoms with E-state index in [0.29, 0.717) is 25.7 Å². The number of aliphatic carboxylic acids is 2. The van der Waals surface area contributed by atoms with Crippen LogP contribution in [0.3, 0.4) is 0 Å². The monoisotopic (exact) mass is 350 g/mol. The zero-order valence-electron chi connectivity index (χ0n) is 11.7. The summed E-state index contributed by atoms with van der Waals surface area (Å²) in [6, 6.07) is 0. The second-order valence-corrected chi connectivity index (χ2v) is 5.19. The van der Waals surface area contributed by atoms with Gasteiger partial charge in [-0.3, -0.25) is 9.59 Å². The molecule has 0 spiro atoms. The van der Waals surface area contributed by atoms with Crippen molar-refractivity contribution in [3.05, 3.63) is 11.5 Å². The van der Waals surface area contributed by atoms with Crippen molar-refractivity contribution in [2.75, 3.05) is 0 Å². The van der Waals surface area contributed by atoms with Gasteiger partial charge in [-0.1, -0.05) is 51.4 Å². The summed E-state index contributed by atoms with van der Waals surface area (Å²) in [5.74, 6) is -1.92. The van der Waals surface area contributed by atoms with Crippen molar-refractivity contribution in [1.29, 1.82) is 0 Å². The molecule has 2 aliphatic carbocycles. The van der Waals surface area contributed by atoms with E-state index < -0.39 is 23.0 Å². The SMILES string of the molecule is O.O.[NH-]C1(C(=O)O)CCCC1.[NH-]C1(C(=O)O)CCCC1.[Ni]. The van der Waals surface area contributed by atoms with E-state index in [2.05, 4.69) is 0 Å². The Morgan fingerprint density at radius 3 is 1.00 bits per heavy atom. The van der Waals surface area contributed by atoms with Crippen LogP contribution in [0, 0.1) is 0 Å². The van der Waals surface area contributed by atoms with Crippen molar-refractivity contribution in [3.8, 4) is 0 Å². The molecule has 8 N–H and O–H groups in total. The molecule has 8 nitrogen and oxygen atoms in total. The summed E-state index contributed by atoms with van der Waals surface area (Å²) in [6.07, 6.45) is 5.71. The molecule has 0 saturated heterocycles. The number of rotatable bonds is 2. The van der Waals surface area contributed by atoms with E-state index in [0.717, 1.165) is 25.7 Å². The quantitative estimate of drug-likeness (QED) is 0.709. The van der Waals surface area contributed by atoms with Crippen molar-refractivity contribution < 1.29 is 47.2 Å². The largest absolute Gasteiger partial charge is 0.663 e. The molecule has 2 saturated carbocycles. The minimum absolute atomic E-state index is 0. The summed E-state index contributed by atoms with van der Waals surface area (Å²) in [5.41, 5.74) is 12.4. The normalized spacial score (nSPS) is 20.7. The molecule has 2 fully saturated rings. The van der Waals surface area contributed by atoms with Crippen molar-refractivity contribution in [2.45, 2.75) is 62.4 Å². The molecule has 130 valence electrons. The first-order valence-electron chi connectivity index (χ1n) is 6.27. The molecule has 0 aromatic rings. The second kappa shape index (κ2) is 10.1. The molecule has 0 aromatic heterocycles. The molecule has 0 unspecified atom stereocenters. The van der Waals surface area contributed by atoms with Gasteiger partial charge in [0.25, 0.3) is 11.9 Å². The van der Waals surface area contributed by atoms with Gasteiger partial charge in [0.1, 0.15) is 0 Å². The first kappa shape index (κ1) is 25.2. The smallest absolute Gasteiger partial charge is 0.288 e. The third-order valence-electron chi connectivity index (χ3n) is 3.73. The molecule has 0 aliphatic heterocycles. The Morgan fingerprint density at radius 2 is 0.905 bits per heavy atom. The second-order valence-electron chi connectivity index (χ2n) is 5.19. The zero-order valence-corrected chi connectivity index (χ0v) is 12.7. The van der Waals surface area contributed by atoms with Crippen LogP contribution in [0.1, 0.15) is 51.4 Å². The molecule has 0 heterocycles. The molecular weight excluding hydrogens is 327 g/mol. The maximum Gasteiger partial charge on any atom is 0.288 e. The van der Waals surface area contributed by atoms with Crippen molar-refractivity contribution in [2.24, 2.45) is 0 Å². The Hall–Kier alpha value is -0.726. The van der Waals surface area contributed by atoms with E-state index >= 15 is 0 Å². The third kappa shape index (κ3) is 6.71. The molecule has 0 bridgehead atoms. The predicted molar refractivity (Wildman–Crippen MR) is 73.5 cm³/mol. The van der Waals surface area contributed by atoms with E-state index in [1.165, 1.54) is 0 Å². The van der Waals surface area contributed by atoms with Crippen LogP contribution >= 0.6 is 0 Å². The maximum atomic E-state index is 10.3. The van der Waals surface area contributed by atoms with Gasteiger partial charge in [-0.2, -0.15) is 0 Å². The van der Waals surface area contributed by atoms with E-state index in [4.69, 9.17) is 21.7 Å². The Bertz CT molecular complexity index is 296. The molecule has 0 aromatic carbocycles. The Balaban J connectivity index is -0.000000270. The van der Waals surface area contributed by atoms with Gasteiger partial charge < -0.3 is 32.6 Å². The minimum atomic E-state index is -1.14. The average molecular weight is 351 g/mol. The van der Waals surface area contributed by atoms with Crippen molar-refractivity contribution in [1.82, 2.24) is 0 Å². The number of carbonyl (C=O) groups is 2. The Labute approximate surface area is 133 Å². The molecule has 2 rings (SSSR count). The molecular formula is C12H24N2NiO6-2. The van der Waals surface area contributed by atoms with Crippen molar-refractivity contribution in [3.63, 3.8) is 0 Å². The molecule has 0 amide bonds. The van der Waals surface area contributed by atoms with Gasteiger partial charge in [0, 0.05) is 16.5 Å². The van der Waals surface area contributed by atoms with E-state index in [1.807, 2.05) is 0 Å². The summed E-state index contributed by atoms with van der Waals surface area (Å²) in [6.45, 7) is 0. The fourth-order valence-corrected chi connectivity index (χ4v) is 2.38. The zero-order chi connectivity index (χ0) is 13.8. The maximum absolute atomic E-state index is 10.3. The van der Waals surface area contributed by atoms with Gasteiger partial charge in [0.2, 0.25) is 0 Å². The van der Waals surface area contributed by atoms with Crippen LogP contribution in [0.4, 0.5) is 0 Å². The number of carboxylic acid groups (broad SMARTS) is 2. The van der Waals surface area contributed by atoms with Gasteiger partial charge in [-0.05, 0) is 11.1 Å². The van der Waals surface area contributed by atoms with Gasteiger partial charge in [-0.25, -0.2) is 0 Å². The summed E-state index contributed by atoms with van der Waals surface area (Å²) < 4.78 is 0. The molecule has 21 heavy (non-hydrogen) atoms. The fourth-order valence-electron chi connectivity index (χ4n) is 2.38. The third-order valence-corrected chi connectivity index (χ3v) is 3.73. The average Bonchev–Trinajstić information content (AvgIpc) is 2.90. The van der Waals surface area contributed by atoms with Crippen LogP contribution in [0.15, 0.2) is 0 Å². The van der Waals surface area contributed by atoms with Crippen LogP contribution in [-0.4, -0.2) is 44.2 Å². The van der Waals surface area contributed by atoms with E-state index in [-0.39, 0.29) is 27.4 Å². The standard InChI is InChI=1S/2C6H10NO2.Ni.2H2O/c2*7-6(5(8)9)3-1-2-4-6;;;/h2*7H,1-4H2,(H,8,9);;2*1H2/q2*-1;;;. The van der Waals surface area contributed by atoms with Crippen LogP contribution < -0.4 is 0 Å². The molecule has 0 radical (unpaired) electrons. The van der Waals surface area contributed by atoms with Gasteiger partial charge in [-0.15, -0.1) is 0 Å². The number of carboxylic acids is 2. The van der Waals surface area contributed by atoms with Crippen LogP contribution in [0.25, 0.3) is 11.5 Å². The van der Waals surface area contributed by atoms with Gasteiger partial charge >= 0.3 is 0 Å². The first-order chi connectivity index (χ1) is 8.30. The first-order valence-corrected chi connectivity index (χ1v) is 6.27. The van der Waals surface area contributed by atoms with Crippen LogP contribution in [-0.2, 0) is 26.1 Å². The molecule has 0 atom stereocenters. The summed E-state index contributed by atoms with van der Waals surface area (Å²) in [4.78, 5) is 20.7. The van der Waals surface area contributed by atoms with Gasteiger partial charge in [0.15, 0.2) is 0 Å². The summed E-state index contributed by atoms with van der Waals surface area (Å²) in [5, 5.41) is 17.0.